The average molecular weight is 309 g/mol. The lowest BCUT2D eigenvalue weighted by atomic mass is 9.98. The number of ether oxygens (including phenoxy) is 1. The van der Waals surface area contributed by atoms with Gasteiger partial charge in [0.25, 0.3) is 5.24 Å². The Morgan fingerprint density at radius 3 is 2.48 bits per heavy atom. The van der Waals surface area contributed by atoms with E-state index in [0.717, 1.165) is 35.3 Å². The molecule has 1 aromatic rings. The van der Waals surface area contributed by atoms with Crippen molar-refractivity contribution < 1.29 is 14.3 Å². The number of hydrogen-bond donors (Lipinski definition) is 0. The van der Waals surface area contributed by atoms with Crippen molar-refractivity contribution in [3.05, 3.63) is 28.8 Å². The molecule has 0 aromatic heterocycles. The van der Waals surface area contributed by atoms with E-state index in [0.29, 0.717) is 5.56 Å². The maximum Gasteiger partial charge on any atom is 0.338 e. The minimum atomic E-state index is -0.333. The van der Waals surface area contributed by atoms with Crippen LogP contribution in [0.1, 0.15) is 41.3 Å². The molecule has 0 heterocycles. The molecule has 1 rings (SSSR count). The summed E-state index contributed by atoms with van der Waals surface area (Å²) in [4.78, 5) is 26.2. The number of thioether (sulfide) groups is 1. The zero-order valence-corrected chi connectivity index (χ0v) is 14.2. The lowest BCUT2D eigenvalue weighted by Crippen LogP contribution is -2.16. The molecule has 0 saturated carbocycles. The molecule has 0 saturated heterocycles. The Balaban J connectivity index is 3.21. The van der Waals surface area contributed by atoms with Gasteiger partial charge in [-0.15, -0.1) is 0 Å². The van der Waals surface area contributed by atoms with Crippen molar-refractivity contribution in [1.82, 2.24) is 4.90 Å². The van der Waals surface area contributed by atoms with Crippen LogP contribution in [0.5, 0.6) is 0 Å². The second kappa shape index (κ2) is 8.08. The standard InChI is InChI=1S/C16H23NO3S/c1-6-7-8-12-11(2)13(15(18)20-5)9-10-14(12)21-16(19)17(3)4/h9-10H,6-8H2,1-5H3. The molecule has 116 valence electrons. The first-order valence-electron chi connectivity index (χ1n) is 7.02. The SMILES string of the molecule is CCCCc1c(SC(=O)N(C)C)ccc(C(=O)OC)c1C. The van der Waals surface area contributed by atoms with Crippen LogP contribution in [0, 0.1) is 6.92 Å². The molecule has 0 aliphatic rings. The van der Waals surface area contributed by atoms with E-state index in [1.54, 1.807) is 25.1 Å². The highest BCUT2D eigenvalue weighted by Crippen LogP contribution is 2.30. The molecule has 0 unspecified atom stereocenters. The van der Waals surface area contributed by atoms with Gasteiger partial charge < -0.3 is 9.64 Å². The highest BCUT2D eigenvalue weighted by Gasteiger charge is 2.18. The second-order valence-corrected chi connectivity index (χ2v) is 6.07. The van der Waals surface area contributed by atoms with Gasteiger partial charge in [-0.1, -0.05) is 13.3 Å². The molecule has 0 atom stereocenters. The number of esters is 1. The summed E-state index contributed by atoms with van der Waals surface area (Å²) in [5.41, 5.74) is 2.55. The number of hydrogen-bond acceptors (Lipinski definition) is 4. The van der Waals surface area contributed by atoms with E-state index in [9.17, 15) is 9.59 Å². The van der Waals surface area contributed by atoms with Crippen molar-refractivity contribution in [3.8, 4) is 0 Å². The Labute approximate surface area is 130 Å². The van der Waals surface area contributed by atoms with E-state index in [-0.39, 0.29) is 11.2 Å². The minimum absolute atomic E-state index is 0.0158. The molecule has 0 spiro atoms. The zero-order chi connectivity index (χ0) is 16.0. The van der Waals surface area contributed by atoms with Crippen molar-refractivity contribution >= 4 is 23.0 Å². The molecule has 0 N–H and O–H groups in total. The van der Waals surface area contributed by atoms with Crippen LogP contribution in [0.2, 0.25) is 0 Å². The summed E-state index contributed by atoms with van der Waals surface area (Å²) in [6.07, 6.45) is 2.94. The van der Waals surface area contributed by atoms with Crippen LogP contribution in [0.25, 0.3) is 0 Å². The number of rotatable bonds is 5. The maximum atomic E-state index is 11.9. The van der Waals surface area contributed by atoms with Crippen molar-refractivity contribution in [2.75, 3.05) is 21.2 Å². The first kappa shape index (κ1) is 17.6. The summed E-state index contributed by atoms with van der Waals surface area (Å²) in [5, 5.41) is -0.0158. The van der Waals surface area contributed by atoms with Crippen LogP contribution in [0.3, 0.4) is 0 Å². The Morgan fingerprint density at radius 2 is 1.95 bits per heavy atom. The Hall–Kier alpha value is -1.49. The first-order valence-corrected chi connectivity index (χ1v) is 7.83. The maximum absolute atomic E-state index is 11.9. The number of benzene rings is 1. The van der Waals surface area contributed by atoms with E-state index in [4.69, 9.17) is 4.74 Å². The third kappa shape index (κ3) is 4.49. The topological polar surface area (TPSA) is 46.6 Å². The average Bonchev–Trinajstić information content (AvgIpc) is 2.46. The predicted octanol–water partition coefficient (Wildman–Crippen LogP) is 3.90. The van der Waals surface area contributed by atoms with Gasteiger partial charge >= 0.3 is 5.97 Å². The van der Waals surface area contributed by atoms with Crippen LogP contribution in [0.4, 0.5) is 4.79 Å². The number of amides is 1. The highest BCUT2D eigenvalue weighted by atomic mass is 32.2. The summed E-state index contributed by atoms with van der Waals surface area (Å²) < 4.78 is 4.81. The van der Waals surface area contributed by atoms with Crippen molar-refractivity contribution in [3.63, 3.8) is 0 Å². The molecule has 0 aliphatic carbocycles. The molecule has 0 bridgehead atoms. The fourth-order valence-electron chi connectivity index (χ4n) is 2.01. The highest BCUT2D eigenvalue weighted by molar-refractivity contribution is 8.13. The number of carbonyl (C=O) groups is 2. The van der Waals surface area contributed by atoms with Gasteiger partial charge in [0.15, 0.2) is 0 Å². The first-order chi connectivity index (χ1) is 9.92. The Morgan fingerprint density at radius 1 is 1.29 bits per heavy atom. The van der Waals surface area contributed by atoms with Gasteiger partial charge in [0.2, 0.25) is 0 Å². The largest absolute Gasteiger partial charge is 0.465 e. The summed E-state index contributed by atoms with van der Waals surface area (Å²) in [7, 11) is 4.85. The molecule has 4 nitrogen and oxygen atoms in total. The van der Waals surface area contributed by atoms with Crippen molar-refractivity contribution in [2.45, 2.75) is 38.0 Å². The molecule has 5 heteroatoms. The Kier molecular flexibility index (Phi) is 6.75. The van der Waals surface area contributed by atoms with Gasteiger partial charge in [0.05, 0.1) is 12.7 Å². The van der Waals surface area contributed by atoms with Gasteiger partial charge in [-0.2, -0.15) is 0 Å². The van der Waals surface area contributed by atoms with Crippen LogP contribution >= 0.6 is 11.8 Å². The van der Waals surface area contributed by atoms with Crippen LogP contribution < -0.4 is 0 Å². The summed E-state index contributed by atoms with van der Waals surface area (Å²) in [6.45, 7) is 4.04. The molecule has 0 fully saturated rings. The normalized spacial score (nSPS) is 10.3. The summed E-state index contributed by atoms with van der Waals surface area (Å²) in [5.74, 6) is -0.333. The van der Waals surface area contributed by atoms with E-state index >= 15 is 0 Å². The van der Waals surface area contributed by atoms with E-state index in [2.05, 4.69) is 6.92 Å². The lowest BCUT2D eigenvalue weighted by molar-refractivity contribution is 0.0599. The van der Waals surface area contributed by atoms with Crippen molar-refractivity contribution in [1.29, 1.82) is 0 Å². The molecule has 0 radical (unpaired) electrons. The Bertz CT molecular complexity index is 526. The van der Waals surface area contributed by atoms with Crippen molar-refractivity contribution in [2.24, 2.45) is 0 Å². The summed E-state index contributed by atoms with van der Waals surface area (Å²) >= 11 is 1.21. The molecule has 21 heavy (non-hydrogen) atoms. The third-order valence-corrected chi connectivity index (χ3v) is 4.45. The van der Waals surface area contributed by atoms with Gasteiger partial charge in [0.1, 0.15) is 0 Å². The summed E-state index contributed by atoms with van der Waals surface area (Å²) in [6, 6.07) is 3.58. The van der Waals surface area contributed by atoms with Gasteiger partial charge in [-0.05, 0) is 54.8 Å². The van der Waals surface area contributed by atoms with Crippen LogP contribution in [-0.2, 0) is 11.2 Å². The lowest BCUT2D eigenvalue weighted by Gasteiger charge is -2.16. The number of methoxy groups -OCH3 is 1. The molecule has 0 aliphatic heterocycles. The van der Waals surface area contributed by atoms with Gasteiger partial charge in [-0.25, -0.2) is 4.79 Å². The van der Waals surface area contributed by atoms with Crippen LogP contribution in [0.15, 0.2) is 17.0 Å². The predicted molar refractivity (Wildman–Crippen MR) is 86.1 cm³/mol. The van der Waals surface area contributed by atoms with Gasteiger partial charge in [0, 0.05) is 19.0 Å². The molecule has 1 amide bonds. The van der Waals surface area contributed by atoms with Crippen LogP contribution in [-0.4, -0.2) is 37.3 Å². The zero-order valence-electron chi connectivity index (χ0n) is 13.4. The molecular weight excluding hydrogens is 286 g/mol. The second-order valence-electron chi connectivity index (χ2n) is 5.07. The molecule has 1 aromatic carbocycles. The quantitative estimate of drug-likeness (QED) is 0.611. The number of carbonyl (C=O) groups excluding carboxylic acids is 2. The minimum Gasteiger partial charge on any atom is -0.465 e. The van der Waals surface area contributed by atoms with Gasteiger partial charge in [-0.3, -0.25) is 4.79 Å². The monoisotopic (exact) mass is 309 g/mol. The van der Waals surface area contributed by atoms with E-state index in [1.807, 2.05) is 13.0 Å². The number of nitrogens with zero attached hydrogens (tertiary/aromatic N) is 1. The smallest absolute Gasteiger partial charge is 0.338 e. The number of unbranched alkanes of at least 4 members (excludes halogenated alkanes) is 1. The third-order valence-electron chi connectivity index (χ3n) is 3.30. The fraction of sp³-hybridized carbons (Fsp3) is 0.500. The fourth-order valence-corrected chi connectivity index (χ4v) is 2.89. The van der Waals surface area contributed by atoms with E-state index in [1.165, 1.54) is 18.9 Å². The van der Waals surface area contributed by atoms with E-state index < -0.39 is 0 Å². The molecular formula is C16H23NO3S.